The molecule has 20 heavy (non-hydrogen) atoms. The van der Waals surface area contributed by atoms with E-state index in [0.717, 1.165) is 0 Å². The average Bonchev–Trinajstić information content (AvgIpc) is 3.23. The smallest absolute Gasteiger partial charge is 0.220 e. The molecule has 1 aliphatic rings. The second-order valence-electron chi connectivity index (χ2n) is 4.78. The highest BCUT2D eigenvalue weighted by Crippen LogP contribution is 2.54. The summed E-state index contributed by atoms with van der Waals surface area (Å²) < 4.78 is 40.0. The lowest BCUT2D eigenvalue weighted by atomic mass is 9.86. The highest BCUT2D eigenvalue weighted by molar-refractivity contribution is 9.10. The molecule has 0 amide bonds. The van der Waals surface area contributed by atoms with Crippen LogP contribution in [0.25, 0.3) is 0 Å². The van der Waals surface area contributed by atoms with Crippen LogP contribution in [-0.2, 0) is 15.6 Å². The van der Waals surface area contributed by atoms with Gasteiger partial charge < -0.3 is 5.73 Å². The molecule has 0 unspecified atom stereocenters. The van der Waals surface area contributed by atoms with Gasteiger partial charge >= 0.3 is 0 Å². The molecule has 0 spiro atoms. The molecule has 2 rings (SSSR count). The number of nitrogens with one attached hydrogen (secondary N) is 1. The molecule has 0 radical (unpaired) electrons. The first-order valence-electron chi connectivity index (χ1n) is 5.89. The Bertz CT molecular complexity index is 695. The average molecular weight is 361 g/mol. The number of sulfonamides is 1. The fraction of sp³-hybridized carbons (Fsp3) is 0.385. The van der Waals surface area contributed by atoms with E-state index in [1.807, 2.05) is 0 Å². The molecule has 4 nitrogen and oxygen atoms in total. The van der Waals surface area contributed by atoms with E-state index in [-0.39, 0.29) is 5.56 Å². The van der Waals surface area contributed by atoms with Gasteiger partial charge in [-0.1, -0.05) is 21.9 Å². The highest BCUT2D eigenvalue weighted by atomic mass is 79.9. The Kier molecular flexibility index (Phi) is 3.71. The van der Waals surface area contributed by atoms with E-state index in [1.54, 1.807) is 0 Å². The molecule has 0 aromatic heterocycles. The Morgan fingerprint density at radius 1 is 1.55 bits per heavy atom. The summed E-state index contributed by atoms with van der Waals surface area (Å²) in [5.41, 5.74) is 4.46. The minimum atomic E-state index is -3.73. The topological polar surface area (TPSA) is 72.2 Å². The molecule has 1 aromatic carbocycles. The van der Waals surface area contributed by atoms with Crippen LogP contribution in [0.3, 0.4) is 0 Å². The predicted octanol–water partition coefficient (Wildman–Crippen LogP) is 1.46. The third kappa shape index (κ3) is 1.99. The van der Waals surface area contributed by atoms with Gasteiger partial charge in [0.25, 0.3) is 0 Å². The van der Waals surface area contributed by atoms with E-state index in [1.165, 1.54) is 25.2 Å². The van der Waals surface area contributed by atoms with Gasteiger partial charge in [-0.3, -0.25) is 0 Å². The van der Waals surface area contributed by atoms with E-state index >= 15 is 0 Å². The van der Waals surface area contributed by atoms with E-state index in [0.29, 0.717) is 17.3 Å². The summed E-state index contributed by atoms with van der Waals surface area (Å²) >= 11 is 3.22. The Morgan fingerprint density at radius 2 is 2.15 bits per heavy atom. The molecule has 1 atom stereocenters. The van der Waals surface area contributed by atoms with Crippen LogP contribution in [0.1, 0.15) is 18.4 Å². The summed E-state index contributed by atoms with van der Waals surface area (Å²) in [6.07, 6.45) is 6.08. The van der Waals surface area contributed by atoms with Crippen LogP contribution < -0.4 is 10.5 Å². The van der Waals surface area contributed by atoms with Crippen LogP contribution in [0, 0.1) is 18.2 Å². The first kappa shape index (κ1) is 15.4. The van der Waals surface area contributed by atoms with Crippen molar-refractivity contribution >= 4 is 26.0 Å². The van der Waals surface area contributed by atoms with Gasteiger partial charge in [-0.05, 0) is 38.1 Å². The number of rotatable bonds is 4. The molecule has 1 aromatic rings. The zero-order chi connectivity index (χ0) is 15.2. The van der Waals surface area contributed by atoms with Crippen molar-refractivity contribution in [1.29, 1.82) is 0 Å². The standard InChI is InChI=1S/C13H14BrFN2O2S/c1-3-13(16,10-8-9(14)4-5-11(10)15)12(6-7-12)20(18,19)17-2/h1,4-5,8,17H,6-7,16H2,2H3/t13-/m1/s1. The van der Waals surface area contributed by atoms with E-state index in [2.05, 4.69) is 26.6 Å². The van der Waals surface area contributed by atoms with Crippen molar-refractivity contribution in [3.8, 4) is 12.3 Å². The van der Waals surface area contributed by atoms with Gasteiger partial charge in [0.05, 0.1) is 0 Å². The highest BCUT2D eigenvalue weighted by Gasteiger charge is 2.67. The first-order chi connectivity index (χ1) is 9.24. The normalized spacial score (nSPS) is 19.9. The van der Waals surface area contributed by atoms with Crippen LogP contribution in [0.5, 0.6) is 0 Å². The number of benzene rings is 1. The van der Waals surface area contributed by atoms with Gasteiger partial charge in [-0.15, -0.1) is 6.42 Å². The minimum absolute atomic E-state index is 0.00528. The van der Waals surface area contributed by atoms with Crippen LogP contribution >= 0.6 is 15.9 Å². The maximum atomic E-state index is 14.1. The first-order valence-corrected chi connectivity index (χ1v) is 8.17. The maximum Gasteiger partial charge on any atom is 0.220 e. The summed E-state index contributed by atoms with van der Waals surface area (Å²) in [6, 6.07) is 4.14. The molecule has 0 aliphatic heterocycles. The van der Waals surface area contributed by atoms with Gasteiger partial charge in [0, 0.05) is 10.0 Å². The molecule has 7 heteroatoms. The lowest BCUT2D eigenvalue weighted by Crippen LogP contribution is -2.55. The molecular formula is C13H14BrFN2O2S. The van der Waals surface area contributed by atoms with Crippen LogP contribution in [0.15, 0.2) is 22.7 Å². The van der Waals surface area contributed by atoms with Gasteiger partial charge in [0.15, 0.2) is 0 Å². The second kappa shape index (κ2) is 4.81. The zero-order valence-corrected chi connectivity index (χ0v) is 13.2. The number of terminal acetylenes is 1. The van der Waals surface area contributed by atoms with Crippen molar-refractivity contribution in [3.63, 3.8) is 0 Å². The third-order valence-corrected chi connectivity index (χ3v) is 6.58. The Balaban J connectivity index is 2.68. The SMILES string of the molecule is C#C[C@@](N)(c1cc(Br)ccc1F)C1(S(=O)(=O)NC)CC1. The van der Waals surface area contributed by atoms with Gasteiger partial charge in [0.1, 0.15) is 16.1 Å². The fourth-order valence-corrected chi connectivity index (χ4v) is 4.42. The zero-order valence-electron chi connectivity index (χ0n) is 10.8. The third-order valence-electron chi connectivity index (χ3n) is 3.79. The molecular weight excluding hydrogens is 347 g/mol. The number of halogens is 2. The van der Waals surface area contributed by atoms with Gasteiger partial charge in [-0.25, -0.2) is 17.5 Å². The summed E-state index contributed by atoms with van der Waals surface area (Å²) in [7, 11) is -2.44. The molecule has 1 aliphatic carbocycles. The molecule has 0 heterocycles. The van der Waals surface area contributed by atoms with Gasteiger partial charge in [-0.2, -0.15) is 0 Å². The monoisotopic (exact) mass is 360 g/mol. The predicted molar refractivity (Wildman–Crippen MR) is 78.7 cm³/mol. The molecule has 1 saturated carbocycles. The lowest BCUT2D eigenvalue weighted by Gasteiger charge is -2.33. The molecule has 0 saturated heterocycles. The number of hydrogen-bond donors (Lipinski definition) is 2. The van der Waals surface area contributed by atoms with Crippen LogP contribution in [0.2, 0.25) is 0 Å². The lowest BCUT2D eigenvalue weighted by molar-refractivity contribution is 0.463. The van der Waals surface area contributed by atoms with Gasteiger partial charge in [0.2, 0.25) is 10.0 Å². The fourth-order valence-electron chi connectivity index (χ4n) is 2.44. The van der Waals surface area contributed by atoms with E-state index in [9.17, 15) is 12.8 Å². The van der Waals surface area contributed by atoms with E-state index < -0.39 is 26.1 Å². The Labute approximate surface area is 126 Å². The quantitative estimate of drug-likeness (QED) is 0.798. The molecule has 3 N–H and O–H groups in total. The maximum absolute atomic E-state index is 14.1. The molecule has 1 fully saturated rings. The van der Waals surface area contributed by atoms with Crippen molar-refractivity contribution in [2.24, 2.45) is 5.73 Å². The van der Waals surface area contributed by atoms with Crippen molar-refractivity contribution in [3.05, 3.63) is 34.1 Å². The Morgan fingerprint density at radius 3 is 2.60 bits per heavy atom. The molecule has 108 valence electrons. The minimum Gasteiger partial charge on any atom is -0.310 e. The van der Waals surface area contributed by atoms with Crippen molar-refractivity contribution in [1.82, 2.24) is 4.72 Å². The second-order valence-corrected chi connectivity index (χ2v) is 7.89. The number of hydrogen-bond acceptors (Lipinski definition) is 3. The summed E-state index contributed by atoms with van der Waals surface area (Å²) in [4.78, 5) is 0. The Hall–Kier alpha value is -0.940. The van der Waals surface area contributed by atoms with Crippen molar-refractivity contribution in [2.75, 3.05) is 7.05 Å². The van der Waals surface area contributed by atoms with Crippen molar-refractivity contribution in [2.45, 2.75) is 23.1 Å². The molecule has 0 bridgehead atoms. The summed E-state index contributed by atoms with van der Waals surface area (Å²) in [5.74, 6) is 1.68. The largest absolute Gasteiger partial charge is 0.310 e. The summed E-state index contributed by atoms with van der Waals surface area (Å²) in [6.45, 7) is 0. The summed E-state index contributed by atoms with van der Waals surface area (Å²) in [5, 5.41) is 0. The number of nitrogens with two attached hydrogens (primary N) is 1. The van der Waals surface area contributed by atoms with Crippen LogP contribution in [0.4, 0.5) is 4.39 Å². The van der Waals surface area contributed by atoms with Crippen molar-refractivity contribution < 1.29 is 12.8 Å². The van der Waals surface area contributed by atoms with Crippen LogP contribution in [-0.4, -0.2) is 20.2 Å². The van der Waals surface area contributed by atoms with E-state index in [4.69, 9.17) is 12.2 Å².